The number of hydrogen-bond donors (Lipinski definition) is 0. The summed E-state index contributed by atoms with van der Waals surface area (Å²) >= 11 is 0. The van der Waals surface area contributed by atoms with Crippen LogP contribution in [0.5, 0.6) is 0 Å². The van der Waals surface area contributed by atoms with Gasteiger partial charge in [-0.05, 0) is 26.0 Å². The van der Waals surface area contributed by atoms with Crippen molar-refractivity contribution in [2.45, 2.75) is 13.8 Å². The first-order chi connectivity index (χ1) is 6.91. The highest BCUT2D eigenvalue weighted by Crippen LogP contribution is 2.20. The Balaban J connectivity index is 3.05. The minimum Gasteiger partial charge on any atom is -0.502 e. The molecule has 0 rings (SSSR count). The zero-order valence-electron chi connectivity index (χ0n) is 8.77. The second kappa shape index (κ2) is 12.8. The first-order valence-corrected chi connectivity index (χ1v) is 7.18. The van der Waals surface area contributed by atoms with Crippen molar-refractivity contribution in [3.05, 3.63) is 24.7 Å². The Morgan fingerprint density at radius 1 is 0.857 bits per heavy atom. The maximum atomic E-state index is 5.06. The van der Waals surface area contributed by atoms with E-state index in [1.807, 2.05) is 26.0 Å². The predicted molar refractivity (Wildman–Crippen MR) is 66.4 cm³/mol. The van der Waals surface area contributed by atoms with Crippen molar-refractivity contribution in [3.63, 3.8) is 0 Å². The summed E-state index contributed by atoms with van der Waals surface area (Å²) in [5.41, 5.74) is 0. The lowest BCUT2D eigenvalue weighted by Gasteiger charge is -1.95. The third kappa shape index (κ3) is 11.8. The Morgan fingerprint density at radius 2 is 1.29 bits per heavy atom. The lowest BCUT2D eigenvalue weighted by Crippen LogP contribution is -1.78. The Morgan fingerprint density at radius 3 is 1.64 bits per heavy atom. The summed E-state index contributed by atoms with van der Waals surface area (Å²) in [6, 6.07) is 0. The van der Waals surface area contributed by atoms with Crippen LogP contribution in [0.4, 0.5) is 0 Å². The van der Waals surface area contributed by atoms with E-state index in [0.717, 1.165) is 24.7 Å². The van der Waals surface area contributed by atoms with Crippen LogP contribution in [-0.4, -0.2) is 24.7 Å². The van der Waals surface area contributed by atoms with Gasteiger partial charge in [-0.1, -0.05) is 21.6 Å². The maximum Gasteiger partial charge on any atom is 0.0845 e. The topological polar surface area (TPSA) is 18.5 Å². The third-order valence-electron chi connectivity index (χ3n) is 1.13. The third-order valence-corrected chi connectivity index (χ3v) is 3.27. The predicted octanol–water partition coefficient (Wildman–Crippen LogP) is 3.47. The summed E-state index contributed by atoms with van der Waals surface area (Å²) in [5.74, 6) is 1.96. The summed E-state index contributed by atoms with van der Waals surface area (Å²) in [5, 5.41) is 0. The molecule has 0 aromatic rings. The fourth-order valence-corrected chi connectivity index (χ4v) is 2.14. The molecule has 0 aromatic heterocycles. The van der Waals surface area contributed by atoms with Crippen LogP contribution in [0.2, 0.25) is 0 Å². The molecule has 0 atom stereocenters. The summed E-state index contributed by atoms with van der Waals surface area (Å²) in [6.45, 7) is 5.44. The fourth-order valence-electron chi connectivity index (χ4n) is 0.582. The van der Waals surface area contributed by atoms with Crippen LogP contribution in [0.3, 0.4) is 0 Å². The SMILES string of the molecule is CCOC=CCSSCC=COCC. The molecule has 2 nitrogen and oxygen atoms in total. The van der Waals surface area contributed by atoms with E-state index in [9.17, 15) is 0 Å². The Labute approximate surface area is 94.5 Å². The molecule has 0 heterocycles. The minimum atomic E-state index is 0.741. The van der Waals surface area contributed by atoms with E-state index in [0.29, 0.717) is 0 Å². The summed E-state index contributed by atoms with van der Waals surface area (Å²) in [7, 11) is 3.61. The van der Waals surface area contributed by atoms with Crippen molar-refractivity contribution in [2.75, 3.05) is 24.7 Å². The van der Waals surface area contributed by atoms with E-state index in [1.165, 1.54) is 0 Å². The van der Waals surface area contributed by atoms with Crippen molar-refractivity contribution < 1.29 is 9.47 Å². The molecule has 0 bridgehead atoms. The molecule has 0 aliphatic carbocycles. The van der Waals surface area contributed by atoms with Crippen LogP contribution in [-0.2, 0) is 9.47 Å². The molecular formula is C10H18O2S2. The molecule has 0 aromatic carbocycles. The smallest absolute Gasteiger partial charge is 0.0845 e. The highest BCUT2D eigenvalue weighted by Gasteiger charge is 1.83. The van der Waals surface area contributed by atoms with Crippen molar-refractivity contribution in [3.8, 4) is 0 Å². The van der Waals surface area contributed by atoms with Crippen LogP contribution < -0.4 is 0 Å². The van der Waals surface area contributed by atoms with Crippen molar-refractivity contribution in [2.24, 2.45) is 0 Å². The van der Waals surface area contributed by atoms with Gasteiger partial charge in [-0.3, -0.25) is 0 Å². The zero-order valence-corrected chi connectivity index (χ0v) is 10.4. The van der Waals surface area contributed by atoms with E-state index < -0.39 is 0 Å². The van der Waals surface area contributed by atoms with E-state index in [4.69, 9.17) is 9.47 Å². The van der Waals surface area contributed by atoms with Gasteiger partial charge in [0.1, 0.15) is 0 Å². The van der Waals surface area contributed by atoms with E-state index in [2.05, 4.69) is 0 Å². The first-order valence-electron chi connectivity index (χ1n) is 4.69. The summed E-state index contributed by atoms with van der Waals surface area (Å²) < 4.78 is 10.1. The first kappa shape index (κ1) is 13.8. The normalized spacial score (nSPS) is 11.3. The van der Waals surface area contributed by atoms with Crippen molar-refractivity contribution in [1.82, 2.24) is 0 Å². The van der Waals surface area contributed by atoms with Crippen molar-refractivity contribution >= 4 is 21.6 Å². The monoisotopic (exact) mass is 234 g/mol. The van der Waals surface area contributed by atoms with E-state index in [-0.39, 0.29) is 0 Å². The molecule has 0 amide bonds. The highest BCUT2D eigenvalue weighted by atomic mass is 33.1. The Hall–Kier alpha value is -0.220. The summed E-state index contributed by atoms with van der Waals surface area (Å²) in [6.07, 6.45) is 7.55. The molecule has 0 N–H and O–H groups in total. The molecule has 0 radical (unpaired) electrons. The molecule has 0 unspecified atom stereocenters. The molecule has 0 aliphatic rings. The minimum absolute atomic E-state index is 0.741. The second-order valence-corrected chi connectivity index (χ2v) is 4.78. The second-order valence-electron chi connectivity index (χ2n) is 2.22. The van der Waals surface area contributed by atoms with E-state index in [1.54, 1.807) is 34.1 Å². The average Bonchev–Trinajstić information content (AvgIpc) is 2.21. The van der Waals surface area contributed by atoms with Crippen molar-refractivity contribution in [1.29, 1.82) is 0 Å². The fraction of sp³-hybridized carbons (Fsp3) is 0.600. The number of rotatable bonds is 9. The Bertz CT molecular complexity index is 140. The van der Waals surface area contributed by atoms with Crippen LogP contribution in [0.1, 0.15) is 13.8 Å². The maximum absolute atomic E-state index is 5.06. The average molecular weight is 234 g/mol. The number of hydrogen-bond acceptors (Lipinski definition) is 4. The van der Waals surface area contributed by atoms with Crippen LogP contribution in [0, 0.1) is 0 Å². The molecule has 0 spiro atoms. The van der Waals surface area contributed by atoms with Gasteiger partial charge in [0.15, 0.2) is 0 Å². The van der Waals surface area contributed by atoms with Gasteiger partial charge >= 0.3 is 0 Å². The lowest BCUT2D eigenvalue weighted by atomic mass is 10.7. The molecule has 0 fully saturated rings. The van der Waals surface area contributed by atoms with Crippen LogP contribution in [0.15, 0.2) is 24.7 Å². The Kier molecular flexibility index (Phi) is 12.6. The van der Waals surface area contributed by atoms with E-state index >= 15 is 0 Å². The van der Waals surface area contributed by atoms with Gasteiger partial charge in [-0.15, -0.1) is 0 Å². The quantitative estimate of drug-likeness (QED) is 0.345. The molecule has 0 saturated carbocycles. The molecule has 0 saturated heterocycles. The van der Waals surface area contributed by atoms with Crippen LogP contribution in [0.25, 0.3) is 0 Å². The molecular weight excluding hydrogens is 216 g/mol. The zero-order chi connectivity index (χ0) is 10.5. The number of ether oxygens (including phenoxy) is 2. The van der Waals surface area contributed by atoms with Gasteiger partial charge in [0.25, 0.3) is 0 Å². The van der Waals surface area contributed by atoms with Gasteiger partial charge in [0.05, 0.1) is 25.7 Å². The van der Waals surface area contributed by atoms with Gasteiger partial charge in [-0.25, -0.2) is 0 Å². The highest BCUT2D eigenvalue weighted by molar-refractivity contribution is 8.76. The summed E-state index contributed by atoms with van der Waals surface area (Å²) in [4.78, 5) is 0. The molecule has 4 heteroatoms. The van der Waals surface area contributed by atoms with Gasteiger partial charge in [-0.2, -0.15) is 0 Å². The van der Waals surface area contributed by atoms with Gasteiger partial charge in [0, 0.05) is 11.5 Å². The molecule has 82 valence electrons. The lowest BCUT2D eigenvalue weighted by molar-refractivity contribution is 0.269. The molecule has 14 heavy (non-hydrogen) atoms. The van der Waals surface area contributed by atoms with Gasteiger partial charge < -0.3 is 9.47 Å². The molecule has 0 aliphatic heterocycles. The largest absolute Gasteiger partial charge is 0.502 e. The van der Waals surface area contributed by atoms with Crippen LogP contribution >= 0.6 is 21.6 Å². The standard InChI is InChI=1S/C10H18O2S2/c1-3-11-7-5-9-13-14-10-6-8-12-4-2/h5-8H,3-4,9-10H2,1-2H3. The van der Waals surface area contributed by atoms with Gasteiger partial charge in [0.2, 0.25) is 0 Å².